The lowest BCUT2D eigenvalue weighted by Gasteiger charge is -2.16. The molecule has 1 aromatic rings. The third kappa shape index (κ3) is 4.67. The van der Waals surface area contributed by atoms with Gasteiger partial charge in [0.1, 0.15) is 6.10 Å². The second-order valence-corrected chi connectivity index (χ2v) is 6.68. The lowest BCUT2D eigenvalue weighted by Crippen LogP contribution is -2.17. The number of rotatable bonds is 0. The molecule has 3 nitrogen and oxygen atoms in total. The fraction of sp³-hybridized carbons (Fsp3) is 0.429. The molecule has 1 aliphatic rings. The molecule has 128 valence electrons. The Balaban J connectivity index is 2.38. The van der Waals surface area contributed by atoms with Crippen molar-refractivity contribution in [2.45, 2.75) is 53.1 Å². The maximum absolute atomic E-state index is 12.6. The molecule has 0 unspecified atom stereocenters. The van der Waals surface area contributed by atoms with E-state index in [1.807, 2.05) is 52.0 Å². The molecule has 0 bridgehead atoms. The third-order valence-corrected chi connectivity index (χ3v) is 4.32. The molecule has 0 aromatic heterocycles. The van der Waals surface area contributed by atoms with Gasteiger partial charge in [-0.2, -0.15) is 0 Å². The molecule has 3 heteroatoms. The van der Waals surface area contributed by atoms with Crippen molar-refractivity contribution < 1.29 is 14.3 Å². The maximum atomic E-state index is 12.6. The Hall–Kier alpha value is -2.16. The summed E-state index contributed by atoms with van der Waals surface area (Å²) in [5.41, 5.74) is 3.56. The maximum Gasteiger partial charge on any atom is 0.339 e. The van der Waals surface area contributed by atoms with Gasteiger partial charge in [-0.1, -0.05) is 42.8 Å². The van der Waals surface area contributed by atoms with E-state index in [1.165, 1.54) is 0 Å². The Morgan fingerprint density at radius 3 is 2.54 bits per heavy atom. The van der Waals surface area contributed by atoms with Gasteiger partial charge in [0, 0.05) is 12.3 Å². The molecule has 0 radical (unpaired) electrons. The van der Waals surface area contributed by atoms with Gasteiger partial charge in [0.2, 0.25) is 0 Å². The van der Waals surface area contributed by atoms with Crippen LogP contribution in [0, 0.1) is 19.8 Å². The number of fused-ring (bicyclic) bond motifs is 1. The van der Waals surface area contributed by atoms with Crippen LogP contribution in [0.5, 0.6) is 0 Å². The van der Waals surface area contributed by atoms with E-state index in [-0.39, 0.29) is 23.8 Å². The quantitative estimate of drug-likeness (QED) is 0.643. The number of benzene rings is 1. The van der Waals surface area contributed by atoms with E-state index in [0.29, 0.717) is 12.0 Å². The summed E-state index contributed by atoms with van der Waals surface area (Å²) in [7, 11) is 0. The van der Waals surface area contributed by atoms with E-state index in [9.17, 15) is 9.59 Å². The molecule has 24 heavy (non-hydrogen) atoms. The highest BCUT2D eigenvalue weighted by atomic mass is 16.5. The van der Waals surface area contributed by atoms with E-state index >= 15 is 0 Å². The highest BCUT2D eigenvalue weighted by Gasteiger charge is 2.18. The molecule has 0 saturated heterocycles. The summed E-state index contributed by atoms with van der Waals surface area (Å²) >= 11 is 0. The first-order valence-electron chi connectivity index (χ1n) is 8.57. The molecule has 2 atom stereocenters. The summed E-state index contributed by atoms with van der Waals surface area (Å²) in [4.78, 5) is 24.6. The number of ether oxygens (including phenoxy) is 1. The smallest absolute Gasteiger partial charge is 0.339 e. The lowest BCUT2D eigenvalue weighted by atomic mass is 9.96. The predicted octanol–water partition coefficient (Wildman–Crippen LogP) is 4.81. The topological polar surface area (TPSA) is 43.4 Å². The SMILES string of the molecule is Cc1cc(C)c2c(c1)C=CCC[C@H](C)C(=O)/C=C\C[C@H](C)OC2=O. The minimum Gasteiger partial charge on any atom is -0.459 e. The molecule has 1 heterocycles. The highest BCUT2D eigenvalue weighted by Crippen LogP contribution is 2.22. The summed E-state index contributed by atoms with van der Waals surface area (Å²) in [6, 6.07) is 4.01. The van der Waals surface area contributed by atoms with Crippen molar-refractivity contribution in [3.63, 3.8) is 0 Å². The minimum atomic E-state index is -0.301. The minimum absolute atomic E-state index is 0.00501. The van der Waals surface area contributed by atoms with Crippen molar-refractivity contribution in [1.29, 1.82) is 0 Å². The Morgan fingerprint density at radius 2 is 1.79 bits per heavy atom. The first-order valence-corrected chi connectivity index (χ1v) is 8.57. The van der Waals surface area contributed by atoms with E-state index in [2.05, 4.69) is 0 Å². The number of aryl methyl sites for hydroxylation is 2. The van der Waals surface area contributed by atoms with Crippen molar-refractivity contribution in [3.8, 4) is 0 Å². The average molecular weight is 326 g/mol. The highest BCUT2D eigenvalue weighted by molar-refractivity contribution is 5.95. The second-order valence-electron chi connectivity index (χ2n) is 6.68. The van der Waals surface area contributed by atoms with Crippen LogP contribution in [0.2, 0.25) is 0 Å². The van der Waals surface area contributed by atoms with Crippen molar-refractivity contribution in [1.82, 2.24) is 0 Å². The average Bonchev–Trinajstić information content (AvgIpc) is 2.49. The molecule has 0 saturated carbocycles. The monoisotopic (exact) mass is 326 g/mol. The normalized spacial score (nSPS) is 24.0. The van der Waals surface area contributed by atoms with Crippen LogP contribution in [0.1, 0.15) is 60.2 Å². The zero-order valence-electron chi connectivity index (χ0n) is 15.0. The molecular weight excluding hydrogens is 300 g/mol. The van der Waals surface area contributed by atoms with Crippen molar-refractivity contribution in [2.75, 3.05) is 0 Å². The van der Waals surface area contributed by atoms with E-state index in [4.69, 9.17) is 4.74 Å². The Morgan fingerprint density at radius 1 is 1.04 bits per heavy atom. The lowest BCUT2D eigenvalue weighted by molar-refractivity contribution is -0.117. The Kier molecular flexibility index (Phi) is 6.13. The molecule has 0 N–H and O–H groups in total. The van der Waals surface area contributed by atoms with Crippen LogP contribution in [0.15, 0.2) is 30.4 Å². The van der Waals surface area contributed by atoms with Gasteiger partial charge in [0.05, 0.1) is 5.56 Å². The summed E-state index contributed by atoms with van der Waals surface area (Å²) in [6.45, 7) is 7.76. The van der Waals surface area contributed by atoms with Crippen LogP contribution >= 0.6 is 0 Å². The number of hydrogen-bond acceptors (Lipinski definition) is 3. The summed E-state index contributed by atoms with van der Waals surface area (Å²) < 4.78 is 5.57. The number of cyclic esters (lactones) is 1. The summed E-state index contributed by atoms with van der Waals surface area (Å²) in [5.74, 6) is -0.165. The van der Waals surface area contributed by atoms with Crippen molar-refractivity contribution in [3.05, 3.63) is 52.6 Å². The van der Waals surface area contributed by atoms with Crippen molar-refractivity contribution in [2.24, 2.45) is 5.92 Å². The number of carbonyl (C=O) groups excluding carboxylic acids is 2. The fourth-order valence-corrected chi connectivity index (χ4v) is 2.94. The van der Waals surface area contributed by atoms with Gasteiger partial charge in [-0.15, -0.1) is 0 Å². The Labute approximate surface area is 144 Å². The number of hydrogen-bond donors (Lipinski definition) is 0. The molecule has 1 aliphatic heterocycles. The number of allylic oxidation sites excluding steroid dienone is 2. The van der Waals surface area contributed by atoms with Gasteiger partial charge >= 0.3 is 5.97 Å². The third-order valence-electron chi connectivity index (χ3n) is 4.32. The van der Waals surface area contributed by atoms with Crippen LogP contribution in [0.4, 0.5) is 0 Å². The van der Waals surface area contributed by atoms with Crippen LogP contribution in [0.3, 0.4) is 0 Å². The number of carbonyl (C=O) groups is 2. The zero-order chi connectivity index (χ0) is 17.7. The second kappa shape index (κ2) is 8.09. The summed E-state index contributed by atoms with van der Waals surface area (Å²) in [6.07, 6.45) is 9.32. The van der Waals surface area contributed by atoms with Crippen LogP contribution in [-0.4, -0.2) is 17.9 Å². The summed E-state index contributed by atoms with van der Waals surface area (Å²) in [5, 5.41) is 0. The first kappa shape index (κ1) is 18.2. The van der Waals surface area contributed by atoms with Crippen LogP contribution in [0.25, 0.3) is 6.08 Å². The molecule has 0 amide bonds. The molecule has 0 spiro atoms. The largest absolute Gasteiger partial charge is 0.459 e. The van der Waals surface area contributed by atoms with Gasteiger partial charge in [-0.05, 0) is 50.8 Å². The van der Waals surface area contributed by atoms with Gasteiger partial charge in [0.15, 0.2) is 5.78 Å². The van der Waals surface area contributed by atoms with Crippen LogP contribution in [-0.2, 0) is 9.53 Å². The van der Waals surface area contributed by atoms with Crippen molar-refractivity contribution >= 4 is 17.8 Å². The van der Waals surface area contributed by atoms with E-state index < -0.39 is 0 Å². The van der Waals surface area contributed by atoms with Gasteiger partial charge in [-0.25, -0.2) is 4.79 Å². The number of esters is 1. The predicted molar refractivity (Wildman–Crippen MR) is 97.0 cm³/mol. The standard InChI is InChI=1S/C21H26O3/c1-14-12-16(3)20-18(13-14)10-6-5-8-15(2)19(22)11-7-9-17(4)24-21(20)23/h6-7,10-13,15,17H,5,8-9H2,1-4H3/b10-6?,11-7-/t15-,17-/m0/s1. The Bertz CT molecular complexity index is 683. The molecular formula is C21H26O3. The number of ketones is 1. The van der Waals surface area contributed by atoms with Gasteiger partial charge < -0.3 is 4.74 Å². The van der Waals surface area contributed by atoms with Gasteiger partial charge in [-0.3, -0.25) is 4.79 Å². The molecule has 2 rings (SSSR count). The van der Waals surface area contributed by atoms with Gasteiger partial charge in [0.25, 0.3) is 0 Å². The molecule has 1 aromatic carbocycles. The fourth-order valence-electron chi connectivity index (χ4n) is 2.94. The van der Waals surface area contributed by atoms with E-state index in [0.717, 1.165) is 29.5 Å². The molecule has 0 aliphatic carbocycles. The zero-order valence-corrected chi connectivity index (χ0v) is 15.0. The molecule has 0 fully saturated rings. The van der Waals surface area contributed by atoms with Crippen LogP contribution < -0.4 is 0 Å². The first-order chi connectivity index (χ1) is 11.4. The van der Waals surface area contributed by atoms with E-state index in [1.54, 1.807) is 12.2 Å².